The van der Waals surface area contributed by atoms with Crippen LogP contribution in [0.4, 0.5) is 0 Å². The molecule has 0 saturated carbocycles. The summed E-state index contributed by atoms with van der Waals surface area (Å²) in [6.45, 7) is 17.4. The Kier molecular flexibility index (Phi) is 13.8. The number of carbonyl (C=O) groups is 1. The van der Waals surface area contributed by atoms with E-state index in [0.29, 0.717) is 64.2 Å². The van der Waals surface area contributed by atoms with Crippen LogP contribution in [-0.4, -0.2) is 198 Å². The van der Waals surface area contributed by atoms with Gasteiger partial charge in [-0.1, -0.05) is 40.9 Å². The van der Waals surface area contributed by atoms with Crippen molar-refractivity contribution in [2.45, 2.75) is 313 Å². The molecule has 0 aromatic heterocycles. The highest BCUT2D eigenvalue weighted by Crippen LogP contribution is 2.58. The first kappa shape index (κ1) is 54.0. The van der Waals surface area contributed by atoms with Crippen LogP contribution < -0.4 is 0 Å². The quantitative estimate of drug-likeness (QED) is 0.251. The lowest BCUT2D eigenvalue weighted by Crippen LogP contribution is -2.62. The third-order valence-electron chi connectivity index (χ3n) is 21.9. The summed E-state index contributed by atoms with van der Waals surface area (Å²) in [6.07, 6.45) is 2.17. The number of ether oxygens (including phenoxy) is 15. The minimum absolute atomic E-state index is 0.0143. The minimum atomic E-state index is -1.02. The molecule has 19 nitrogen and oxygen atoms in total. The summed E-state index contributed by atoms with van der Waals surface area (Å²) >= 11 is 0. The molecule has 0 aromatic carbocycles. The number of aliphatic hydroxyl groups excluding tert-OH is 3. The van der Waals surface area contributed by atoms with Gasteiger partial charge in [0.1, 0.15) is 36.6 Å². The Balaban J connectivity index is 0.655. The SMILES string of the molecule is C=C1C[C@@H]2CC[C@@]34C[C@H]5O[C@H]6[C@@H](O3)[C@H]3O[C@H](CC[C@@H]3O[C@H]6[C@@H]5O4)CC(=O)O[C@@H]3[C@@H](C)[C@@H]4O[C@@H]5C[C@]6(C[C@@H]7O[C@]8(C[C@H](C)[C@@H]9O[C@H](C(O)CC(O)CO)C[C@@H]9O8)C[C@H](C)[C@@H]7O6)O[C@@H]5C[C@@H]4O[C@H]3C[C@H]3O[C@@H](CC[C@@H]1O2)C[C@@H](C)C3=C. The zero-order valence-corrected chi connectivity index (χ0v) is 46.5. The van der Waals surface area contributed by atoms with Gasteiger partial charge in [0.15, 0.2) is 17.4 Å². The molecule has 440 valence electrons. The molecule has 19 heteroatoms. The van der Waals surface area contributed by atoms with E-state index in [4.69, 9.17) is 71.1 Å². The van der Waals surface area contributed by atoms with Crippen LogP contribution in [0.1, 0.15) is 143 Å². The van der Waals surface area contributed by atoms with Crippen LogP contribution in [0.25, 0.3) is 0 Å². The van der Waals surface area contributed by atoms with Gasteiger partial charge in [-0.2, -0.15) is 0 Å². The molecule has 16 saturated heterocycles. The third kappa shape index (κ3) is 9.43. The number of aliphatic hydroxyl groups is 3. The summed E-state index contributed by atoms with van der Waals surface area (Å²) in [5.74, 6) is -2.77. The van der Waals surface area contributed by atoms with Gasteiger partial charge in [-0.15, -0.1) is 0 Å². The van der Waals surface area contributed by atoms with Crippen molar-refractivity contribution in [2.75, 3.05) is 6.61 Å². The van der Waals surface area contributed by atoms with Gasteiger partial charge in [0, 0.05) is 70.1 Å². The van der Waals surface area contributed by atoms with Gasteiger partial charge in [0.05, 0.1) is 129 Å². The smallest absolute Gasteiger partial charge is 0.308 e. The van der Waals surface area contributed by atoms with Crippen molar-refractivity contribution in [1.29, 1.82) is 0 Å². The predicted molar refractivity (Wildman–Crippen MR) is 274 cm³/mol. The molecule has 16 fully saturated rings. The molecule has 3 spiro atoms. The summed E-state index contributed by atoms with van der Waals surface area (Å²) < 4.78 is 104. The number of fused-ring (bicyclic) bond motifs is 10. The van der Waals surface area contributed by atoms with Gasteiger partial charge >= 0.3 is 5.97 Å². The molecular formula is C60H86O19. The van der Waals surface area contributed by atoms with Crippen molar-refractivity contribution in [1.82, 2.24) is 0 Å². The average Bonchev–Trinajstić information content (AvgIpc) is 4.25. The van der Waals surface area contributed by atoms with Crippen molar-refractivity contribution in [3.05, 3.63) is 24.3 Å². The van der Waals surface area contributed by atoms with Gasteiger partial charge in [0.2, 0.25) is 0 Å². The van der Waals surface area contributed by atoms with E-state index in [0.717, 1.165) is 49.7 Å². The topological polar surface area (TPSA) is 216 Å². The van der Waals surface area contributed by atoms with E-state index in [2.05, 4.69) is 40.9 Å². The lowest BCUT2D eigenvalue weighted by Gasteiger charge is -2.50. The minimum Gasteiger partial charge on any atom is -0.459 e. The van der Waals surface area contributed by atoms with Crippen molar-refractivity contribution in [3.8, 4) is 0 Å². The lowest BCUT2D eigenvalue weighted by molar-refractivity contribution is -0.347. The lowest BCUT2D eigenvalue weighted by atomic mass is 9.79. The molecule has 0 radical (unpaired) electrons. The van der Waals surface area contributed by atoms with Gasteiger partial charge < -0.3 is 86.4 Å². The Labute approximate surface area is 463 Å². The number of rotatable bonds is 4. The number of esters is 1. The van der Waals surface area contributed by atoms with Crippen molar-refractivity contribution in [3.63, 3.8) is 0 Å². The number of carbonyl (C=O) groups excluding carboxylic acids is 1. The fraction of sp³-hybridized carbons (Fsp3) is 0.917. The van der Waals surface area contributed by atoms with E-state index in [1.54, 1.807) is 0 Å². The monoisotopic (exact) mass is 1110 g/mol. The van der Waals surface area contributed by atoms with Crippen LogP contribution >= 0.6 is 0 Å². The van der Waals surface area contributed by atoms with E-state index < -0.39 is 72.8 Å². The predicted octanol–water partition coefficient (Wildman–Crippen LogP) is 4.93. The number of hydrogen-bond donors (Lipinski definition) is 3. The Bertz CT molecular complexity index is 2340. The van der Waals surface area contributed by atoms with E-state index in [-0.39, 0.29) is 146 Å². The van der Waals surface area contributed by atoms with Crippen LogP contribution in [-0.2, 0) is 75.8 Å². The first-order valence-electron chi connectivity index (χ1n) is 30.8. The molecule has 0 aliphatic carbocycles. The number of hydrogen-bond acceptors (Lipinski definition) is 19. The molecule has 0 amide bonds. The Hall–Kier alpha value is -1.73. The normalized spacial score (nSPS) is 57.2. The Morgan fingerprint density at radius 1 is 0.506 bits per heavy atom. The van der Waals surface area contributed by atoms with E-state index >= 15 is 0 Å². The van der Waals surface area contributed by atoms with Crippen molar-refractivity contribution >= 4 is 5.97 Å². The maximum Gasteiger partial charge on any atom is 0.308 e. The van der Waals surface area contributed by atoms with Crippen molar-refractivity contribution < 1.29 is 91.2 Å². The van der Waals surface area contributed by atoms with Crippen LogP contribution in [0.3, 0.4) is 0 Å². The molecular weight excluding hydrogens is 1020 g/mol. The first-order valence-corrected chi connectivity index (χ1v) is 30.8. The highest BCUT2D eigenvalue weighted by atomic mass is 16.8. The highest BCUT2D eigenvalue weighted by molar-refractivity contribution is 5.70. The van der Waals surface area contributed by atoms with Crippen molar-refractivity contribution in [2.24, 2.45) is 23.7 Å². The van der Waals surface area contributed by atoms with Crippen LogP contribution in [0.2, 0.25) is 0 Å². The van der Waals surface area contributed by atoms with Crippen LogP contribution in [0.5, 0.6) is 0 Å². The zero-order valence-electron chi connectivity index (χ0n) is 46.5. The van der Waals surface area contributed by atoms with E-state index in [1.165, 1.54) is 0 Å². The largest absolute Gasteiger partial charge is 0.459 e. The summed E-state index contributed by atoms with van der Waals surface area (Å²) in [5.41, 5.74) is 2.15. The second-order valence-corrected chi connectivity index (χ2v) is 27.5. The third-order valence-corrected chi connectivity index (χ3v) is 21.9. The van der Waals surface area contributed by atoms with Crippen LogP contribution in [0, 0.1) is 23.7 Å². The molecule has 32 atom stereocenters. The summed E-state index contributed by atoms with van der Waals surface area (Å²) in [7, 11) is 0. The Morgan fingerprint density at radius 3 is 2.03 bits per heavy atom. The highest BCUT2D eigenvalue weighted by Gasteiger charge is 2.70. The van der Waals surface area contributed by atoms with Gasteiger partial charge in [-0.05, 0) is 73.8 Å². The van der Waals surface area contributed by atoms with E-state index in [1.807, 2.05) is 0 Å². The molecule has 0 aromatic rings. The summed E-state index contributed by atoms with van der Waals surface area (Å²) in [5, 5.41) is 30.3. The molecule has 12 bridgehead atoms. The molecule has 16 rings (SSSR count). The average molecular weight is 1110 g/mol. The molecule has 16 aliphatic heterocycles. The second kappa shape index (κ2) is 20.2. The summed E-state index contributed by atoms with van der Waals surface area (Å²) in [4.78, 5) is 14.6. The maximum atomic E-state index is 14.6. The van der Waals surface area contributed by atoms with Gasteiger partial charge in [-0.25, -0.2) is 0 Å². The van der Waals surface area contributed by atoms with E-state index in [9.17, 15) is 20.1 Å². The maximum absolute atomic E-state index is 14.6. The second-order valence-electron chi connectivity index (χ2n) is 27.5. The molecule has 2 unspecified atom stereocenters. The zero-order chi connectivity index (χ0) is 54.0. The molecule has 16 heterocycles. The molecule has 16 aliphatic rings. The van der Waals surface area contributed by atoms with Gasteiger partial charge in [0.25, 0.3) is 0 Å². The summed E-state index contributed by atoms with van der Waals surface area (Å²) in [6, 6.07) is 0. The first-order chi connectivity index (χ1) is 38.0. The van der Waals surface area contributed by atoms with Gasteiger partial charge in [-0.3, -0.25) is 4.79 Å². The standard InChI is InChI=1S/C60H86O19/c1-26-13-33-7-9-37-27(2)14-35(65-37)11-12-58-23-46-54(78-58)55-56(72-46)57(79-58)53-38(69-55)10-8-34(67-53)16-48(64)73-52-31(6)51-43(68-42(52)17-39(66-33)30(26)5)19-41-45(71-51)22-60(74-41)24-47-50(77-60)29(4)21-59(76-47)20-28(3)49-44(75-59)18-40(70-49)36(63)15-32(62)25-61/h26,28-29,31-47,49-57,61-63H,2,5,7-25H2,1,3-4,6H3/t26-,28+,29+,31+,32?,33+,34-,35+,36?,37+,38+,39-,40+,41-,42+,43+,44+,45-,46-,47+,49+,50+,51+,52-,53+,54-,55+,56-,57+,58+,59-,60+/m1/s1. The fourth-order valence-corrected chi connectivity index (χ4v) is 18.2. The molecule has 3 N–H and O–H groups in total. The fourth-order valence-electron chi connectivity index (χ4n) is 18.2. The Morgan fingerprint density at radius 2 is 1.18 bits per heavy atom. The molecule has 79 heavy (non-hydrogen) atoms. The van der Waals surface area contributed by atoms with Crippen LogP contribution in [0.15, 0.2) is 24.3 Å².